The van der Waals surface area contributed by atoms with E-state index in [1.54, 1.807) is 12.4 Å². The van der Waals surface area contributed by atoms with Crippen molar-refractivity contribution in [2.45, 2.75) is 70.4 Å². The Bertz CT molecular complexity index is 1290. The summed E-state index contributed by atoms with van der Waals surface area (Å²) < 4.78 is 35.0. The summed E-state index contributed by atoms with van der Waals surface area (Å²) in [4.78, 5) is 11.4. The first-order valence-corrected chi connectivity index (χ1v) is 13.8. The molecule has 9 heteroatoms. The van der Waals surface area contributed by atoms with Crippen molar-refractivity contribution < 1.29 is 18.6 Å². The van der Waals surface area contributed by atoms with Crippen LogP contribution in [0.25, 0.3) is 11.4 Å². The van der Waals surface area contributed by atoms with E-state index >= 15 is 0 Å². The Balaban J connectivity index is 1.58. The Morgan fingerprint density at radius 3 is 2.36 bits per heavy atom. The first-order valence-electron chi connectivity index (χ1n) is 13.8. The maximum atomic E-state index is 14.1. The van der Waals surface area contributed by atoms with Gasteiger partial charge in [0.15, 0.2) is 5.82 Å². The molecular weight excluding hydrogens is 500 g/mol. The van der Waals surface area contributed by atoms with E-state index in [0.29, 0.717) is 67.8 Å². The van der Waals surface area contributed by atoms with Gasteiger partial charge >= 0.3 is 0 Å². The van der Waals surface area contributed by atoms with Crippen LogP contribution in [0.4, 0.5) is 8.78 Å². The zero-order valence-corrected chi connectivity index (χ0v) is 23.5. The third kappa shape index (κ3) is 5.36. The molecule has 2 aliphatic heterocycles. The van der Waals surface area contributed by atoms with Gasteiger partial charge in [0.25, 0.3) is 5.92 Å². The summed E-state index contributed by atoms with van der Waals surface area (Å²) >= 11 is 0. The predicted octanol–water partition coefficient (Wildman–Crippen LogP) is 5.20. The van der Waals surface area contributed by atoms with Gasteiger partial charge in [0, 0.05) is 68.1 Å². The summed E-state index contributed by atoms with van der Waals surface area (Å²) in [5.74, 6) is -1.67. The van der Waals surface area contributed by atoms with Crippen LogP contribution in [0.5, 0.6) is 0 Å². The highest BCUT2D eigenvalue weighted by molar-refractivity contribution is 5.56. The third-order valence-electron chi connectivity index (χ3n) is 8.23. The minimum Gasteiger partial charge on any atom is -0.381 e. The molecule has 1 aromatic carbocycles. The number of ether oxygens (including phenoxy) is 1. The van der Waals surface area contributed by atoms with Gasteiger partial charge in [-0.2, -0.15) is 5.10 Å². The van der Waals surface area contributed by atoms with Crippen molar-refractivity contribution in [3.05, 3.63) is 65.2 Å². The summed E-state index contributed by atoms with van der Waals surface area (Å²) in [7, 11) is 2.04. The Morgan fingerprint density at radius 1 is 1.10 bits per heavy atom. The van der Waals surface area contributed by atoms with Crippen molar-refractivity contribution in [2.24, 2.45) is 5.41 Å². The molecule has 0 saturated carbocycles. The molecule has 0 bridgehead atoms. The van der Waals surface area contributed by atoms with Crippen molar-refractivity contribution in [3.63, 3.8) is 0 Å². The molecule has 2 aliphatic rings. The monoisotopic (exact) mass is 539 g/mol. The van der Waals surface area contributed by atoms with Crippen LogP contribution in [-0.2, 0) is 16.9 Å². The molecule has 5 rings (SSSR count). The second-order valence-electron chi connectivity index (χ2n) is 12.1. The van der Waals surface area contributed by atoms with Gasteiger partial charge in [-0.25, -0.2) is 18.4 Å². The zero-order chi connectivity index (χ0) is 28.0. The van der Waals surface area contributed by atoms with Crippen LogP contribution < -0.4 is 0 Å². The van der Waals surface area contributed by atoms with Gasteiger partial charge in [-0.3, -0.25) is 4.98 Å². The van der Waals surface area contributed by atoms with E-state index in [0.717, 1.165) is 12.5 Å². The number of pyridine rings is 1. The van der Waals surface area contributed by atoms with E-state index in [1.165, 1.54) is 10.2 Å². The first-order chi connectivity index (χ1) is 18.4. The Kier molecular flexibility index (Phi) is 7.37. The largest absolute Gasteiger partial charge is 0.381 e. The molecule has 210 valence electrons. The van der Waals surface area contributed by atoms with E-state index in [1.807, 2.05) is 25.2 Å². The van der Waals surface area contributed by atoms with Crippen LogP contribution in [0.3, 0.4) is 0 Å². The molecule has 7 nitrogen and oxygen atoms in total. The molecular formula is C30H39F2N5O2. The Hall–Kier alpha value is -2.75. The lowest BCUT2D eigenvalue weighted by atomic mass is 9.62. The molecule has 2 aromatic heterocycles. The molecule has 0 spiro atoms. The number of hydrogen-bond acceptors (Lipinski definition) is 6. The number of nitrogens with zero attached hydrogens (tertiary/aromatic N) is 5. The van der Waals surface area contributed by atoms with E-state index in [-0.39, 0.29) is 5.92 Å². The van der Waals surface area contributed by atoms with Gasteiger partial charge in [-0.15, -0.1) is 0 Å². The normalized spacial score (nSPS) is 20.1. The van der Waals surface area contributed by atoms with E-state index in [4.69, 9.17) is 9.72 Å². The fourth-order valence-electron chi connectivity index (χ4n) is 6.22. The molecule has 3 aromatic rings. The number of benzene rings is 1. The number of aliphatic hydroxyl groups is 1. The second kappa shape index (κ2) is 10.3. The summed E-state index contributed by atoms with van der Waals surface area (Å²) in [6.07, 6.45) is 4.76. The summed E-state index contributed by atoms with van der Waals surface area (Å²) in [6.45, 7) is 9.30. The molecule has 1 atom stereocenters. The minimum absolute atomic E-state index is 0.000629. The fraction of sp³-hybridized carbons (Fsp3) is 0.567. The van der Waals surface area contributed by atoms with Crippen LogP contribution in [-0.4, -0.2) is 69.0 Å². The number of hydrogen-bond donors (Lipinski definition) is 1. The van der Waals surface area contributed by atoms with Gasteiger partial charge < -0.3 is 14.7 Å². The molecule has 1 N–H and O–H groups in total. The van der Waals surface area contributed by atoms with Crippen LogP contribution in [0.15, 0.2) is 42.7 Å². The smallest absolute Gasteiger partial charge is 0.264 e. The quantitative estimate of drug-likeness (QED) is 0.424. The molecule has 2 saturated heterocycles. The van der Waals surface area contributed by atoms with Crippen molar-refractivity contribution in [1.29, 1.82) is 0 Å². The van der Waals surface area contributed by atoms with E-state index in [2.05, 4.69) is 47.9 Å². The lowest BCUT2D eigenvalue weighted by Gasteiger charge is -2.55. The van der Waals surface area contributed by atoms with Gasteiger partial charge in [0.1, 0.15) is 18.0 Å². The molecule has 2 fully saturated rings. The number of likely N-dealkylation sites (tertiary alicyclic amines) is 1. The van der Waals surface area contributed by atoms with Crippen LogP contribution in [0.2, 0.25) is 0 Å². The van der Waals surface area contributed by atoms with Crippen LogP contribution in [0, 0.1) is 5.41 Å². The Morgan fingerprint density at radius 2 is 1.77 bits per heavy atom. The van der Waals surface area contributed by atoms with Crippen LogP contribution >= 0.6 is 0 Å². The summed E-state index contributed by atoms with van der Waals surface area (Å²) in [5.41, 5.74) is 1.46. The molecule has 1 unspecified atom stereocenters. The highest BCUT2D eigenvalue weighted by Gasteiger charge is 2.55. The molecule has 0 radical (unpaired) electrons. The molecule has 0 amide bonds. The second-order valence-corrected chi connectivity index (χ2v) is 12.1. The highest BCUT2D eigenvalue weighted by Crippen LogP contribution is 2.50. The minimum atomic E-state index is -2.93. The highest BCUT2D eigenvalue weighted by atomic mass is 19.3. The molecule has 4 heterocycles. The predicted molar refractivity (Wildman–Crippen MR) is 146 cm³/mol. The number of rotatable bonds is 8. The van der Waals surface area contributed by atoms with Gasteiger partial charge in [-0.1, -0.05) is 45.0 Å². The number of aromatic nitrogens is 4. The van der Waals surface area contributed by atoms with E-state index < -0.39 is 23.5 Å². The topological polar surface area (TPSA) is 76.3 Å². The summed E-state index contributed by atoms with van der Waals surface area (Å²) in [5, 5.41) is 17.1. The average molecular weight is 540 g/mol. The van der Waals surface area contributed by atoms with Crippen LogP contribution in [0.1, 0.15) is 74.9 Å². The maximum Gasteiger partial charge on any atom is 0.264 e. The lowest BCUT2D eigenvalue weighted by molar-refractivity contribution is -0.127. The SMILES string of the molecule is CC(C)c1ccc(C(O)(c2cncc(-c3nc(C4CCOCC4)n(CC(C)(F)F)n3)c2)C2(C)CN(C)C2)cc1. The van der Waals surface area contributed by atoms with Crippen molar-refractivity contribution in [2.75, 3.05) is 33.4 Å². The lowest BCUT2D eigenvalue weighted by Crippen LogP contribution is -2.63. The standard InChI is InChI=1S/C30H39F2N5O2/c1-20(2)21-6-8-24(9-7-21)30(38,28(3)17-36(5)18-28)25-14-23(15-33-16-25)26-34-27(22-10-12-39-13-11-22)37(35-26)19-29(4,31)32/h6-9,14-16,20,22,38H,10-13,17-19H2,1-5H3. The summed E-state index contributed by atoms with van der Waals surface area (Å²) in [6, 6.07) is 10.0. The third-order valence-corrected chi connectivity index (χ3v) is 8.23. The number of alkyl halides is 2. The van der Waals surface area contributed by atoms with Gasteiger partial charge in [-0.05, 0) is 43.0 Å². The van der Waals surface area contributed by atoms with E-state index in [9.17, 15) is 13.9 Å². The van der Waals surface area contributed by atoms with Crippen molar-refractivity contribution in [1.82, 2.24) is 24.6 Å². The van der Waals surface area contributed by atoms with Crippen molar-refractivity contribution in [3.8, 4) is 11.4 Å². The number of halogens is 2. The van der Waals surface area contributed by atoms with Gasteiger partial charge in [0.05, 0.1) is 0 Å². The molecule has 39 heavy (non-hydrogen) atoms. The van der Waals surface area contributed by atoms with Gasteiger partial charge in [0.2, 0.25) is 0 Å². The zero-order valence-electron chi connectivity index (χ0n) is 23.5. The van der Waals surface area contributed by atoms with Crippen molar-refractivity contribution >= 4 is 0 Å². The Labute approximate surface area is 229 Å². The average Bonchev–Trinajstić information content (AvgIpc) is 3.30. The maximum absolute atomic E-state index is 14.1. The fourth-order valence-corrected chi connectivity index (χ4v) is 6.22. The molecule has 0 aliphatic carbocycles. The first kappa shape index (κ1) is 27.8.